The number of hydrogen-bond donors (Lipinski definition) is 1. The van der Waals surface area contributed by atoms with Crippen LogP contribution in [0.1, 0.15) is 19.4 Å². The number of rotatable bonds is 4. The molecule has 0 saturated carbocycles. The van der Waals surface area contributed by atoms with Crippen molar-refractivity contribution < 1.29 is 4.74 Å². The summed E-state index contributed by atoms with van der Waals surface area (Å²) in [6, 6.07) is 6.24. The van der Waals surface area contributed by atoms with Gasteiger partial charge in [0.25, 0.3) is 0 Å². The van der Waals surface area contributed by atoms with Crippen LogP contribution in [0, 0.1) is 4.77 Å². The molecule has 0 aliphatic rings. The van der Waals surface area contributed by atoms with Gasteiger partial charge in [-0.05, 0) is 37.7 Å². The molecule has 90 valence electrons. The van der Waals surface area contributed by atoms with E-state index in [1.807, 2.05) is 24.3 Å². The lowest BCUT2D eigenvalue weighted by molar-refractivity contribution is 0.419. The van der Waals surface area contributed by atoms with Crippen molar-refractivity contribution in [1.29, 1.82) is 0 Å². The van der Waals surface area contributed by atoms with Gasteiger partial charge in [-0.15, -0.1) is 6.58 Å². The molecule has 1 heterocycles. The van der Waals surface area contributed by atoms with Gasteiger partial charge in [0.2, 0.25) is 0 Å². The summed E-state index contributed by atoms with van der Waals surface area (Å²) < 4.78 is 8.15. The number of hydrogen-bond acceptors (Lipinski definition) is 2. The number of aromatic amines is 1. The first-order valence-electron chi connectivity index (χ1n) is 5.57. The number of imidazole rings is 1. The predicted molar refractivity (Wildman–Crippen MR) is 73.2 cm³/mol. The monoisotopic (exact) mass is 248 g/mol. The van der Waals surface area contributed by atoms with Gasteiger partial charge >= 0.3 is 0 Å². The molecule has 4 heteroatoms. The van der Waals surface area contributed by atoms with Crippen molar-refractivity contribution in [2.24, 2.45) is 0 Å². The summed E-state index contributed by atoms with van der Waals surface area (Å²) in [6.07, 6.45) is 2.80. The number of benzene rings is 1. The number of H-pyrrole nitrogens is 1. The maximum absolute atomic E-state index is 5.37. The van der Waals surface area contributed by atoms with Crippen molar-refractivity contribution in [3.8, 4) is 5.75 Å². The highest BCUT2D eigenvalue weighted by atomic mass is 32.1. The van der Waals surface area contributed by atoms with E-state index in [1.54, 1.807) is 7.11 Å². The van der Waals surface area contributed by atoms with E-state index in [-0.39, 0.29) is 0 Å². The Hall–Kier alpha value is -1.55. The molecule has 1 aromatic carbocycles. The molecule has 2 aromatic rings. The fraction of sp³-hybridized carbons (Fsp3) is 0.308. The summed E-state index contributed by atoms with van der Waals surface area (Å²) in [6.45, 7) is 5.90. The minimum absolute atomic E-state index is 0.292. The number of nitrogens with zero attached hydrogens (tertiary/aromatic N) is 1. The minimum atomic E-state index is 0.292. The number of allylic oxidation sites excluding steroid dienone is 1. The third-order valence-electron chi connectivity index (χ3n) is 2.88. The lowest BCUT2D eigenvalue weighted by atomic mass is 10.2. The van der Waals surface area contributed by atoms with E-state index in [2.05, 4.69) is 23.1 Å². The van der Waals surface area contributed by atoms with E-state index >= 15 is 0 Å². The smallest absolute Gasteiger partial charge is 0.178 e. The maximum Gasteiger partial charge on any atom is 0.178 e. The first kappa shape index (κ1) is 11.9. The van der Waals surface area contributed by atoms with Crippen LogP contribution < -0.4 is 4.74 Å². The lowest BCUT2D eigenvalue weighted by Crippen LogP contribution is -2.03. The van der Waals surface area contributed by atoms with Gasteiger partial charge < -0.3 is 14.3 Å². The summed E-state index contributed by atoms with van der Waals surface area (Å²) in [5.41, 5.74) is 2.03. The number of nitrogens with one attached hydrogen (secondary N) is 1. The van der Waals surface area contributed by atoms with Gasteiger partial charge in [-0.25, -0.2) is 0 Å². The van der Waals surface area contributed by atoms with Crippen molar-refractivity contribution in [3.05, 3.63) is 35.6 Å². The Morgan fingerprint density at radius 2 is 2.35 bits per heavy atom. The fourth-order valence-corrected chi connectivity index (χ4v) is 2.46. The standard InChI is InChI=1S/C13H16N2OS/c1-4-6-9(2)15-10-7-5-8-11(16-3)12(10)14-13(15)17/h4-5,7-9H,1,6H2,2-3H3,(H,14,17). The van der Waals surface area contributed by atoms with E-state index in [9.17, 15) is 0 Å². The van der Waals surface area contributed by atoms with Crippen molar-refractivity contribution in [2.45, 2.75) is 19.4 Å². The Bertz CT molecular complexity index is 597. The largest absolute Gasteiger partial charge is 0.494 e. The summed E-state index contributed by atoms with van der Waals surface area (Å²) in [7, 11) is 1.66. The van der Waals surface area contributed by atoms with Gasteiger partial charge in [0.15, 0.2) is 4.77 Å². The van der Waals surface area contributed by atoms with Gasteiger partial charge in [0, 0.05) is 6.04 Å². The molecule has 0 radical (unpaired) electrons. The predicted octanol–water partition coefficient (Wildman–Crippen LogP) is 3.84. The van der Waals surface area contributed by atoms with Crippen LogP contribution >= 0.6 is 12.2 Å². The molecule has 2 rings (SSSR count). The third-order valence-corrected chi connectivity index (χ3v) is 3.18. The molecule has 1 N–H and O–H groups in total. The second-order valence-corrected chi connectivity index (χ2v) is 4.41. The van der Waals surface area contributed by atoms with E-state index < -0.39 is 0 Å². The number of aromatic nitrogens is 2. The molecule has 0 spiro atoms. The van der Waals surface area contributed by atoms with E-state index in [0.29, 0.717) is 6.04 Å². The molecule has 0 fully saturated rings. The second kappa shape index (κ2) is 4.75. The van der Waals surface area contributed by atoms with Crippen molar-refractivity contribution in [3.63, 3.8) is 0 Å². The van der Waals surface area contributed by atoms with E-state index in [1.165, 1.54) is 0 Å². The summed E-state index contributed by atoms with van der Waals surface area (Å²) in [5, 5.41) is 0. The molecule has 3 nitrogen and oxygen atoms in total. The Kier molecular flexibility index (Phi) is 3.33. The minimum Gasteiger partial charge on any atom is -0.494 e. The normalized spacial score (nSPS) is 12.6. The summed E-state index contributed by atoms with van der Waals surface area (Å²) in [5.74, 6) is 0.818. The molecule has 0 aliphatic carbocycles. The zero-order valence-electron chi connectivity index (χ0n) is 10.1. The topological polar surface area (TPSA) is 29.9 Å². The second-order valence-electron chi connectivity index (χ2n) is 4.03. The number of fused-ring (bicyclic) bond motifs is 1. The molecule has 0 aliphatic heterocycles. The fourth-order valence-electron chi connectivity index (χ4n) is 2.08. The molecule has 0 bridgehead atoms. The Labute approximate surface area is 106 Å². The van der Waals surface area contributed by atoms with Crippen molar-refractivity contribution in [2.75, 3.05) is 7.11 Å². The van der Waals surface area contributed by atoms with Crippen LogP contribution in [0.2, 0.25) is 0 Å². The van der Waals surface area contributed by atoms with Gasteiger partial charge in [-0.3, -0.25) is 0 Å². The molecular weight excluding hydrogens is 232 g/mol. The SMILES string of the molecule is C=CCC(C)n1c(=S)[nH]c2c(OC)cccc21. The zero-order valence-corrected chi connectivity index (χ0v) is 10.9. The van der Waals surface area contributed by atoms with Crippen LogP contribution in [-0.4, -0.2) is 16.7 Å². The molecule has 1 unspecified atom stereocenters. The van der Waals surface area contributed by atoms with Gasteiger partial charge in [-0.2, -0.15) is 0 Å². The number of ether oxygens (including phenoxy) is 1. The van der Waals surface area contributed by atoms with Crippen molar-refractivity contribution in [1.82, 2.24) is 9.55 Å². The van der Waals surface area contributed by atoms with Crippen LogP contribution in [-0.2, 0) is 0 Å². The first-order chi connectivity index (χ1) is 8.19. The number of para-hydroxylation sites is 1. The molecule has 17 heavy (non-hydrogen) atoms. The summed E-state index contributed by atoms with van der Waals surface area (Å²) in [4.78, 5) is 3.20. The Morgan fingerprint density at radius 3 is 3.00 bits per heavy atom. The van der Waals surface area contributed by atoms with Crippen molar-refractivity contribution >= 4 is 23.3 Å². The zero-order chi connectivity index (χ0) is 12.4. The lowest BCUT2D eigenvalue weighted by Gasteiger charge is -2.12. The van der Waals surface area contributed by atoms with E-state index in [4.69, 9.17) is 17.0 Å². The van der Waals surface area contributed by atoms with Gasteiger partial charge in [0.1, 0.15) is 11.3 Å². The first-order valence-corrected chi connectivity index (χ1v) is 5.98. The van der Waals surface area contributed by atoms with Crippen LogP contribution in [0.3, 0.4) is 0 Å². The van der Waals surface area contributed by atoms with Gasteiger partial charge in [-0.1, -0.05) is 12.1 Å². The highest BCUT2D eigenvalue weighted by Gasteiger charge is 2.12. The molecule has 0 amide bonds. The highest BCUT2D eigenvalue weighted by molar-refractivity contribution is 7.71. The average Bonchev–Trinajstić information content (AvgIpc) is 2.65. The quantitative estimate of drug-likeness (QED) is 0.658. The van der Waals surface area contributed by atoms with Crippen LogP contribution in [0.5, 0.6) is 5.75 Å². The van der Waals surface area contributed by atoms with Crippen LogP contribution in [0.4, 0.5) is 0 Å². The van der Waals surface area contributed by atoms with Crippen LogP contribution in [0.15, 0.2) is 30.9 Å². The Morgan fingerprint density at radius 1 is 1.59 bits per heavy atom. The third kappa shape index (κ3) is 2.00. The average molecular weight is 248 g/mol. The maximum atomic E-state index is 5.37. The Balaban J connectivity index is 2.68. The summed E-state index contributed by atoms with van der Waals surface area (Å²) >= 11 is 5.37. The molecule has 1 aromatic heterocycles. The molecular formula is C13H16N2OS. The highest BCUT2D eigenvalue weighted by Crippen LogP contribution is 2.27. The van der Waals surface area contributed by atoms with Crippen LogP contribution in [0.25, 0.3) is 11.0 Å². The van der Waals surface area contributed by atoms with E-state index in [0.717, 1.165) is 28.0 Å². The molecule has 1 atom stereocenters. The number of methoxy groups -OCH3 is 1. The molecule has 0 saturated heterocycles. The van der Waals surface area contributed by atoms with Gasteiger partial charge in [0.05, 0.1) is 12.6 Å².